The number of rotatable bonds is 10. The van der Waals surface area contributed by atoms with Gasteiger partial charge in [-0.15, -0.1) is 0 Å². The molecule has 4 rings (SSSR count). The average molecular weight is 465 g/mol. The molecule has 2 aliphatic rings. The van der Waals surface area contributed by atoms with E-state index in [4.69, 9.17) is 4.74 Å². The Morgan fingerprint density at radius 1 is 1.00 bits per heavy atom. The predicted molar refractivity (Wildman–Crippen MR) is 135 cm³/mol. The zero-order valence-electron chi connectivity index (χ0n) is 20.3. The Bertz CT molecular complexity index is 985. The van der Waals surface area contributed by atoms with Crippen LogP contribution in [0, 0.1) is 17.2 Å². The fraction of sp³-hybridized carbons (Fsp3) is 0.600. The Kier molecular flexibility index (Phi) is 8.36. The monoisotopic (exact) mass is 464 g/mol. The Hall–Kier alpha value is -3.12. The number of nitrogens with one attached hydrogen (secondary N) is 3. The zero-order valence-corrected chi connectivity index (χ0v) is 20.3. The molecule has 9 nitrogen and oxygen atoms in total. The maximum absolute atomic E-state index is 9.41. The van der Waals surface area contributed by atoms with Crippen molar-refractivity contribution in [3.63, 3.8) is 0 Å². The van der Waals surface area contributed by atoms with Gasteiger partial charge >= 0.3 is 0 Å². The number of nitriles is 1. The Labute approximate surface area is 202 Å². The summed E-state index contributed by atoms with van der Waals surface area (Å²) < 4.78 is 5.25. The van der Waals surface area contributed by atoms with E-state index in [1.54, 1.807) is 19.2 Å². The van der Waals surface area contributed by atoms with E-state index < -0.39 is 0 Å². The molecule has 1 atom stereocenters. The molecule has 182 valence electrons. The molecule has 2 fully saturated rings. The first-order chi connectivity index (χ1) is 16.7. The van der Waals surface area contributed by atoms with Crippen molar-refractivity contribution in [1.29, 1.82) is 5.26 Å². The summed E-state index contributed by atoms with van der Waals surface area (Å²) in [7, 11) is 1.56. The molecule has 9 heteroatoms. The van der Waals surface area contributed by atoms with Gasteiger partial charge in [-0.2, -0.15) is 20.2 Å². The summed E-state index contributed by atoms with van der Waals surface area (Å²) in [6, 6.07) is 8.02. The number of likely N-dealkylation sites (N-methyl/N-ethyl adjacent to an activating group) is 1. The number of methoxy groups -OCH3 is 1. The van der Waals surface area contributed by atoms with Crippen LogP contribution in [0.4, 0.5) is 23.5 Å². The summed E-state index contributed by atoms with van der Waals surface area (Å²) in [5.74, 6) is 2.77. The van der Waals surface area contributed by atoms with Crippen LogP contribution in [-0.4, -0.2) is 59.2 Å². The highest BCUT2D eigenvalue weighted by Crippen LogP contribution is 2.26. The summed E-state index contributed by atoms with van der Waals surface area (Å²) >= 11 is 0. The van der Waals surface area contributed by atoms with Crippen LogP contribution in [0.15, 0.2) is 18.2 Å². The van der Waals surface area contributed by atoms with E-state index in [-0.39, 0.29) is 0 Å². The number of aromatic nitrogens is 3. The van der Waals surface area contributed by atoms with Crippen molar-refractivity contribution in [3.8, 4) is 11.8 Å². The molecule has 0 spiro atoms. The van der Waals surface area contributed by atoms with E-state index in [1.807, 2.05) is 6.07 Å². The van der Waals surface area contributed by atoms with Crippen LogP contribution in [0.5, 0.6) is 5.75 Å². The fourth-order valence-electron chi connectivity index (χ4n) is 4.97. The van der Waals surface area contributed by atoms with Gasteiger partial charge in [-0.3, -0.25) is 4.90 Å². The van der Waals surface area contributed by atoms with Gasteiger partial charge in [0.2, 0.25) is 17.8 Å². The van der Waals surface area contributed by atoms with Gasteiger partial charge in [0.25, 0.3) is 0 Å². The van der Waals surface area contributed by atoms with Crippen LogP contribution in [0.25, 0.3) is 0 Å². The summed E-state index contributed by atoms with van der Waals surface area (Å²) in [5, 5.41) is 19.5. The van der Waals surface area contributed by atoms with Crippen LogP contribution in [0.1, 0.15) is 57.4 Å². The number of likely N-dealkylation sites (tertiary alicyclic amines) is 1. The SMILES string of the molecule is CCN1CCCC1CNc1nc(NCC2CCCCC2)nc(Nc2ccc(OC)c(C#N)c2)n1. The van der Waals surface area contributed by atoms with E-state index in [9.17, 15) is 5.26 Å². The van der Waals surface area contributed by atoms with Gasteiger partial charge in [0.05, 0.1) is 12.7 Å². The van der Waals surface area contributed by atoms with Crippen molar-refractivity contribution < 1.29 is 4.74 Å². The third kappa shape index (κ3) is 6.26. The van der Waals surface area contributed by atoms with E-state index in [1.165, 1.54) is 44.9 Å². The first-order valence-corrected chi connectivity index (χ1v) is 12.5. The second-order valence-corrected chi connectivity index (χ2v) is 9.15. The fourth-order valence-corrected chi connectivity index (χ4v) is 4.97. The van der Waals surface area contributed by atoms with Gasteiger partial charge in [-0.25, -0.2) is 0 Å². The Balaban J connectivity index is 1.50. The van der Waals surface area contributed by atoms with Gasteiger partial charge < -0.3 is 20.7 Å². The van der Waals surface area contributed by atoms with Crippen LogP contribution < -0.4 is 20.7 Å². The second kappa shape index (κ2) is 11.8. The molecule has 1 saturated carbocycles. The van der Waals surface area contributed by atoms with Crippen molar-refractivity contribution in [2.45, 2.75) is 57.9 Å². The average Bonchev–Trinajstić information content (AvgIpc) is 3.34. The van der Waals surface area contributed by atoms with Gasteiger partial charge in [-0.1, -0.05) is 26.2 Å². The molecule has 3 N–H and O–H groups in total. The molecule has 34 heavy (non-hydrogen) atoms. The minimum atomic E-state index is 0.441. The highest BCUT2D eigenvalue weighted by molar-refractivity contribution is 5.61. The van der Waals surface area contributed by atoms with Gasteiger partial charge in [0.1, 0.15) is 11.8 Å². The number of hydrogen-bond acceptors (Lipinski definition) is 9. The molecule has 0 amide bonds. The van der Waals surface area contributed by atoms with Gasteiger partial charge in [0.15, 0.2) is 0 Å². The molecule has 1 aromatic heterocycles. The minimum absolute atomic E-state index is 0.441. The quantitative estimate of drug-likeness (QED) is 0.471. The lowest BCUT2D eigenvalue weighted by Crippen LogP contribution is -2.35. The highest BCUT2D eigenvalue weighted by atomic mass is 16.5. The third-order valence-electron chi connectivity index (χ3n) is 6.89. The van der Waals surface area contributed by atoms with Crippen LogP contribution >= 0.6 is 0 Å². The van der Waals surface area contributed by atoms with Crippen LogP contribution in [-0.2, 0) is 0 Å². The molecular weight excluding hydrogens is 428 g/mol. The highest BCUT2D eigenvalue weighted by Gasteiger charge is 2.23. The van der Waals surface area contributed by atoms with E-state index in [2.05, 4.69) is 48.8 Å². The summed E-state index contributed by atoms with van der Waals surface area (Å²) in [5.41, 5.74) is 1.18. The molecular formula is C25H36N8O. The number of hydrogen-bond donors (Lipinski definition) is 3. The number of nitrogens with zero attached hydrogens (tertiary/aromatic N) is 5. The number of anilines is 4. The van der Waals surface area contributed by atoms with Crippen LogP contribution in [0.2, 0.25) is 0 Å². The summed E-state index contributed by atoms with van der Waals surface area (Å²) in [6.45, 7) is 6.10. The predicted octanol–water partition coefficient (Wildman–Crippen LogP) is 4.38. The Morgan fingerprint density at radius 3 is 2.44 bits per heavy atom. The summed E-state index contributed by atoms with van der Waals surface area (Å²) in [4.78, 5) is 16.4. The molecule has 0 radical (unpaired) electrons. The number of ether oxygens (including phenoxy) is 1. The minimum Gasteiger partial charge on any atom is -0.495 e. The Morgan fingerprint density at radius 2 is 1.74 bits per heavy atom. The van der Waals surface area contributed by atoms with E-state index in [0.717, 1.165) is 31.9 Å². The van der Waals surface area contributed by atoms with Crippen molar-refractivity contribution in [2.24, 2.45) is 5.92 Å². The number of benzene rings is 1. The molecule has 1 aliphatic carbocycles. The summed E-state index contributed by atoms with van der Waals surface area (Å²) in [6.07, 6.45) is 8.88. The molecule has 2 aromatic rings. The van der Waals surface area contributed by atoms with Crippen molar-refractivity contribution in [1.82, 2.24) is 19.9 Å². The first kappa shape index (κ1) is 24.0. The second-order valence-electron chi connectivity index (χ2n) is 9.15. The third-order valence-corrected chi connectivity index (χ3v) is 6.89. The molecule has 1 saturated heterocycles. The normalized spacial score (nSPS) is 18.9. The molecule has 2 heterocycles. The molecule has 1 unspecified atom stereocenters. The van der Waals surface area contributed by atoms with Crippen molar-refractivity contribution in [3.05, 3.63) is 23.8 Å². The maximum Gasteiger partial charge on any atom is 0.233 e. The maximum atomic E-state index is 9.41. The standard InChI is InChI=1S/C25H36N8O/c1-3-33-13-7-10-21(33)17-28-24-30-23(27-16-18-8-5-4-6-9-18)31-25(32-24)29-20-11-12-22(34-2)19(14-20)15-26/h11-12,14,18,21H,3-10,13,16-17H2,1-2H3,(H3,27,28,29,30,31,32). The smallest absolute Gasteiger partial charge is 0.233 e. The van der Waals surface area contributed by atoms with Crippen LogP contribution in [0.3, 0.4) is 0 Å². The van der Waals surface area contributed by atoms with Crippen molar-refractivity contribution in [2.75, 3.05) is 49.2 Å². The molecule has 1 aromatic carbocycles. The first-order valence-electron chi connectivity index (χ1n) is 12.5. The lowest BCUT2D eigenvalue weighted by molar-refractivity contribution is 0.277. The van der Waals surface area contributed by atoms with E-state index >= 15 is 0 Å². The lowest BCUT2D eigenvalue weighted by Gasteiger charge is -2.23. The van der Waals surface area contributed by atoms with Gasteiger partial charge in [-0.05, 0) is 62.9 Å². The van der Waals surface area contributed by atoms with Gasteiger partial charge in [0, 0.05) is 24.8 Å². The molecule has 0 bridgehead atoms. The lowest BCUT2D eigenvalue weighted by atomic mass is 9.89. The zero-order chi connectivity index (χ0) is 23.8. The topological polar surface area (TPSA) is 111 Å². The van der Waals surface area contributed by atoms with E-state index in [0.29, 0.717) is 41.1 Å². The largest absolute Gasteiger partial charge is 0.495 e. The van der Waals surface area contributed by atoms with Crippen molar-refractivity contribution >= 4 is 23.5 Å². The molecule has 1 aliphatic heterocycles.